The Morgan fingerprint density at radius 2 is 2.24 bits per heavy atom. The van der Waals surface area contributed by atoms with Crippen molar-refractivity contribution in [3.05, 3.63) is 32.8 Å². The summed E-state index contributed by atoms with van der Waals surface area (Å²) in [6.45, 7) is 2.24. The zero-order valence-electron chi connectivity index (χ0n) is 9.65. The molecule has 17 heavy (non-hydrogen) atoms. The molecular weight excluding hydrogens is 284 g/mol. The van der Waals surface area contributed by atoms with Gasteiger partial charge in [-0.2, -0.15) is 0 Å². The molecule has 1 aromatic carbocycles. The lowest BCUT2D eigenvalue weighted by Crippen LogP contribution is -2.15. The van der Waals surface area contributed by atoms with Gasteiger partial charge in [0.2, 0.25) is 0 Å². The number of hydrogen-bond donors (Lipinski definition) is 1. The van der Waals surface area contributed by atoms with Crippen LogP contribution in [-0.2, 0) is 0 Å². The van der Waals surface area contributed by atoms with E-state index in [1.165, 1.54) is 6.42 Å². The molecule has 1 aliphatic carbocycles. The van der Waals surface area contributed by atoms with Crippen LogP contribution in [0.1, 0.15) is 26.2 Å². The summed E-state index contributed by atoms with van der Waals surface area (Å²) in [5.41, 5.74) is 0.944. The topological polar surface area (TPSA) is 55.2 Å². The molecule has 2 unspecified atom stereocenters. The molecule has 1 aliphatic rings. The molecule has 1 N–H and O–H groups in total. The zero-order valence-corrected chi connectivity index (χ0v) is 11.2. The second-order valence-electron chi connectivity index (χ2n) is 4.68. The predicted octanol–water partition coefficient (Wildman–Crippen LogP) is 3.96. The van der Waals surface area contributed by atoms with Gasteiger partial charge in [-0.15, -0.1) is 0 Å². The summed E-state index contributed by atoms with van der Waals surface area (Å²) in [5, 5.41) is 14.2. The van der Waals surface area contributed by atoms with Gasteiger partial charge in [0, 0.05) is 17.8 Å². The standard InChI is InChI=1S/C12H15BrN2O2/c1-8-2-3-9(6-8)14-10-4-5-11(13)12(7-10)15(16)17/h4-5,7-9,14H,2-3,6H2,1H3. The largest absolute Gasteiger partial charge is 0.382 e. The van der Waals surface area contributed by atoms with Crippen molar-refractivity contribution in [2.45, 2.75) is 32.2 Å². The Labute approximate surface area is 109 Å². The summed E-state index contributed by atoms with van der Waals surface area (Å²) < 4.78 is 0.521. The molecule has 4 nitrogen and oxygen atoms in total. The number of nitro groups is 1. The van der Waals surface area contributed by atoms with Crippen LogP contribution in [-0.4, -0.2) is 11.0 Å². The number of nitro benzene ring substituents is 1. The van der Waals surface area contributed by atoms with Crippen molar-refractivity contribution in [1.82, 2.24) is 0 Å². The Kier molecular flexibility index (Phi) is 3.66. The van der Waals surface area contributed by atoms with Crippen LogP contribution in [0.2, 0.25) is 0 Å². The maximum atomic E-state index is 10.8. The van der Waals surface area contributed by atoms with Gasteiger partial charge in [-0.25, -0.2) is 0 Å². The maximum absolute atomic E-state index is 10.8. The number of halogens is 1. The molecular formula is C12H15BrN2O2. The third-order valence-corrected chi connectivity index (χ3v) is 3.88. The highest BCUT2D eigenvalue weighted by atomic mass is 79.9. The molecule has 1 fully saturated rings. The Morgan fingerprint density at radius 1 is 1.47 bits per heavy atom. The van der Waals surface area contributed by atoms with Crippen LogP contribution in [0.25, 0.3) is 0 Å². The van der Waals surface area contributed by atoms with Gasteiger partial charge in [0.05, 0.1) is 9.40 Å². The number of nitrogens with one attached hydrogen (secondary N) is 1. The summed E-state index contributed by atoms with van der Waals surface area (Å²) in [6, 6.07) is 5.64. The molecule has 0 heterocycles. The van der Waals surface area contributed by atoms with E-state index in [0.29, 0.717) is 10.5 Å². The Bertz CT molecular complexity index is 437. The van der Waals surface area contributed by atoms with Crippen LogP contribution in [0.3, 0.4) is 0 Å². The van der Waals surface area contributed by atoms with Gasteiger partial charge in [0.25, 0.3) is 5.69 Å². The molecule has 5 heteroatoms. The van der Waals surface area contributed by atoms with E-state index in [1.807, 2.05) is 6.07 Å². The van der Waals surface area contributed by atoms with Crippen LogP contribution < -0.4 is 5.32 Å². The molecule has 0 bridgehead atoms. The third-order valence-electron chi connectivity index (χ3n) is 3.21. The molecule has 0 amide bonds. The van der Waals surface area contributed by atoms with Gasteiger partial charge in [0.15, 0.2) is 0 Å². The van der Waals surface area contributed by atoms with E-state index >= 15 is 0 Å². The van der Waals surface area contributed by atoms with Crippen molar-refractivity contribution in [3.8, 4) is 0 Å². The van der Waals surface area contributed by atoms with Crippen molar-refractivity contribution < 1.29 is 4.92 Å². The first-order valence-corrected chi connectivity index (χ1v) is 6.56. The van der Waals surface area contributed by atoms with Crippen LogP contribution in [0.15, 0.2) is 22.7 Å². The summed E-state index contributed by atoms with van der Waals surface area (Å²) in [6.07, 6.45) is 3.52. The lowest BCUT2D eigenvalue weighted by Gasteiger charge is -2.13. The zero-order chi connectivity index (χ0) is 12.4. The Morgan fingerprint density at radius 3 is 2.82 bits per heavy atom. The first kappa shape index (κ1) is 12.4. The molecule has 0 spiro atoms. The SMILES string of the molecule is CC1CCC(Nc2ccc(Br)c([N+](=O)[O-])c2)C1. The smallest absolute Gasteiger partial charge is 0.285 e. The monoisotopic (exact) mass is 298 g/mol. The molecule has 0 aromatic heterocycles. The average Bonchev–Trinajstić information content (AvgIpc) is 2.66. The van der Waals surface area contributed by atoms with Crippen LogP contribution in [0.4, 0.5) is 11.4 Å². The highest BCUT2D eigenvalue weighted by Gasteiger charge is 2.21. The van der Waals surface area contributed by atoms with Gasteiger partial charge >= 0.3 is 0 Å². The fraction of sp³-hybridized carbons (Fsp3) is 0.500. The van der Waals surface area contributed by atoms with Gasteiger partial charge in [-0.3, -0.25) is 10.1 Å². The minimum atomic E-state index is -0.369. The Hall–Kier alpha value is -1.10. The molecule has 1 aromatic rings. The average molecular weight is 299 g/mol. The lowest BCUT2D eigenvalue weighted by atomic mass is 10.1. The quantitative estimate of drug-likeness (QED) is 0.679. The number of nitrogens with zero attached hydrogens (tertiary/aromatic N) is 1. The summed E-state index contributed by atoms with van der Waals surface area (Å²) in [5.74, 6) is 0.748. The highest BCUT2D eigenvalue weighted by Crippen LogP contribution is 2.31. The molecule has 0 saturated heterocycles. The molecule has 1 saturated carbocycles. The van der Waals surface area contributed by atoms with Gasteiger partial charge < -0.3 is 5.32 Å². The van der Waals surface area contributed by atoms with Gasteiger partial charge in [0.1, 0.15) is 0 Å². The van der Waals surface area contributed by atoms with Crippen molar-refractivity contribution in [1.29, 1.82) is 0 Å². The normalized spacial score (nSPS) is 23.6. The molecule has 0 aliphatic heterocycles. The van der Waals surface area contributed by atoms with Crippen LogP contribution >= 0.6 is 15.9 Å². The number of hydrogen-bond acceptors (Lipinski definition) is 3. The molecule has 2 atom stereocenters. The van der Waals surface area contributed by atoms with Gasteiger partial charge in [-0.05, 0) is 53.2 Å². The maximum Gasteiger partial charge on any atom is 0.285 e. The van der Waals surface area contributed by atoms with Crippen molar-refractivity contribution >= 4 is 27.3 Å². The molecule has 2 rings (SSSR count). The van der Waals surface area contributed by atoms with Crippen LogP contribution in [0.5, 0.6) is 0 Å². The van der Waals surface area contributed by atoms with Crippen molar-refractivity contribution in [2.24, 2.45) is 5.92 Å². The summed E-state index contributed by atoms with van der Waals surface area (Å²) >= 11 is 3.18. The fourth-order valence-corrected chi connectivity index (χ4v) is 2.71. The first-order chi connectivity index (χ1) is 8.06. The molecule has 0 radical (unpaired) electrons. The second-order valence-corrected chi connectivity index (χ2v) is 5.54. The van der Waals surface area contributed by atoms with Crippen molar-refractivity contribution in [2.75, 3.05) is 5.32 Å². The van der Waals surface area contributed by atoms with E-state index in [-0.39, 0.29) is 10.6 Å². The summed E-state index contributed by atoms with van der Waals surface area (Å²) in [4.78, 5) is 10.4. The number of rotatable bonds is 3. The van der Waals surface area contributed by atoms with E-state index in [4.69, 9.17) is 0 Å². The second kappa shape index (κ2) is 5.04. The van der Waals surface area contributed by atoms with E-state index < -0.39 is 0 Å². The summed E-state index contributed by atoms with van der Waals surface area (Å²) in [7, 11) is 0. The first-order valence-electron chi connectivity index (χ1n) is 5.76. The van der Waals surface area contributed by atoms with Gasteiger partial charge in [-0.1, -0.05) is 6.92 Å². The fourth-order valence-electron chi connectivity index (χ4n) is 2.32. The van der Waals surface area contributed by atoms with Crippen molar-refractivity contribution in [3.63, 3.8) is 0 Å². The van der Waals surface area contributed by atoms with E-state index in [9.17, 15) is 10.1 Å². The molecule has 92 valence electrons. The van der Waals surface area contributed by atoms with E-state index in [2.05, 4.69) is 28.2 Å². The van der Waals surface area contributed by atoms with E-state index in [1.54, 1.807) is 12.1 Å². The number of anilines is 1. The van der Waals surface area contributed by atoms with E-state index in [0.717, 1.165) is 24.4 Å². The highest BCUT2D eigenvalue weighted by molar-refractivity contribution is 9.10. The number of benzene rings is 1. The Balaban J connectivity index is 2.11. The van der Waals surface area contributed by atoms with Crippen LogP contribution in [0, 0.1) is 16.0 Å². The third kappa shape index (κ3) is 2.97. The minimum Gasteiger partial charge on any atom is -0.382 e. The minimum absolute atomic E-state index is 0.112. The predicted molar refractivity (Wildman–Crippen MR) is 71.2 cm³/mol. The lowest BCUT2D eigenvalue weighted by molar-refractivity contribution is -0.385.